The Morgan fingerprint density at radius 1 is 1.29 bits per heavy atom. The molecule has 0 aliphatic carbocycles. The molecule has 1 aromatic carbocycles. The first-order valence-electron chi connectivity index (χ1n) is 6.31. The number of rotatable bonds is 5. The highest BCUT2D eigenvalue weighted by atomic mass is 16.2. The second-order valence-corrected chi connectivity index (χ2v) is 4.42. The molecule has 90 valence electrons. The predicted octanol–water partition coefficient (Wildman–Crippen LogP) is 3.32. The van der Waals surface area contributed by atoms with Crippen LogP contribution in [-0.4, -0.2) is 12.5 Å². The molecule has 0 bridgehead atoms. The van der Waals surface area contributed by atoms with Crippen molar-refractivity contribution in [2.75, 3.05) is 11.4 Å². The maximum Gasteiger partial charge on any atom is 0.228 e. The Morgan fingerprint density at radius 3 is 2.59 bits per heavy atom. The van der Waals surface area contributed by atoms with Gasteiger partial charge >= 0.3 is 0 Å². The summed E-state index contributed by atoms with van der Waals surface area (Å²) < 4.78 is 0. The summed E-state index contributed by atoms with van der Waals surface area (Å²) in [5.41, 5.74) is 2.39. The lowest BCUT2D eigenvalue weighted by Crippen LogP contribution is -2.43. The van der Waals surface area contributed by atoms with E-state index in [1.54, 1.807) is 0 Å². The van der Waals surface area contributed by atoms with Gasteiger partial charge in [-0.3, -0.25) is 4.79 Å². The van der Waals surface area contributed by atoms with Gasteiger partial charge in [-0.25, -0.2) is 0 Å². The van der Waals surface area contributed by atoms with Crippen molar-refractivity contribution in [3.63, 3.8) is 0 Å². The monoisotopic (exact) mass is 229 g/mol. The number of amides is 1. The second kappa shape index (κ2) is 5.67. The van der Waals surface area contributed by atoms with Crippen LogP contribution in [0.5, 0.6) is 0 Å². The van der Waals surface area contributed by atoms with Gasteiger partial charge in [0.15, 0.2) is 0 Å². The van der Waals surface area contributed by atoms with Gasteiger partial charge in [0.05, 0.1) is 0 Å². The van der Waals surface area contributed by atoms with Crippen molar-refractivity contribution >= 4 is 11.6 Å². The van der Waals surface area contributed by atoms with Gasteiger partial charge in [-0.2, -0.15) is 0 Å². The van der Waals surface area contributed by atoms with Crippen molar-refractivity contribution in [2.45, 2.75) is 32.6 Å². The highest BCUT2D eigenvalue weighted by molar-refractivity contribution is 5.99. The summed E-state index contributed by atoms with van der Waals surface area (Å²) in [6.45, 7) is 2.93. The molecule has 1 heterocycles. The van der Waals surface area contributed by atoms with E-state index in [2.05, 4.69) is 43.3 Å². The Bertz CT molecular complexity index is 405. The van der Waals surface area contributed by atoms with Crippen LogP contribution < -0.4 is 4.90 Å². The van der Waals surface area contributed by atoms with Gasteiger partial charge in [-0.05, 0) is 43.9 Å². The number of carbonyl (C=O) groups excluding carboxylic acids is 1. The summed E-state index contributed by atoms with van der Waals surface area (Å²) in [5.74, 6) is 0.242. The Hall–Kier alpha value is -1.57. The summed E-state index contributed by atoms with van der Waals surface area (Å²) in [5, 5.41) is 0. The fourth-order valence-electron chi connectivity index (χ4n) is 2.02. The number of anilines is 1. The molecule has 1 fully saturated rings. The van der Waals surface area contributed by atoms with Crippen LogP contribution in [0.25, 0.3) is 0 Å². The number of allylic oxidation sites excluding steroid dienone is 2. The van der Waals surface area contributed by atoms with Crippen LogP contribution in [0.15, 0.2) is 36.4 Å². The molecular formula is C15H19NO. The molecule has 2 nitrogen and oxygen atoms in total. The number of hydrogen-bond acceptors (Lipinski definition) is 1. The summed E-state index contributed by atoms with van der Waals surface area (Å²) in [6, 6.07) is 8.39. The van der Waals surface area contributed by atoms with Crippen LogP contribution >= 0.6 is 0 Å². The van der Waals surface area contributed by atoms with Crippen LogP contribution in [0, 0.1) is 0 Å². The molecule has 0 spiro atoms. The third-order valence-electron chi connectivity index (χ3n) is 3.17. The predicted molar refractivity (Wildman–Crippen MR) is 71.2 cm³/mol. The van der Waals surface area contributed by atoms with Gasteiger partial charge in [0.2, 0.25) is 5.91 Å². The van der Waals surface area contributed by atoms with Crippen LogP contribution in [0.1, 0.15) is 31.7 Å². The van der Waals surface area contributed by atoms with E-state index in [9.17, 15) is 4.79 Å². The smallest absolute Gasteiger partial charge is 0.228 e. The average molecular weight is 229 g/mol. The van der Waals surface area contributed by atoms with Gasteiger partial charge in [0, 0.05) is 18.7 Å². The molecule has 0 saturated carbocycles. The highest BCUT2D eigenvalue weighted by Gasteiger charge is 2.24. The molecule has 1 saturated heterocycles. The van der Waals surface area contributed by atoms with Crippen molar-refractivity contribution in [1.29, 1.82) is 0 Å². The Balaban J connectivity index is 1.87. The first kappa shape index (κ1) is 11.9. The lowest BCUT2D eigenvalue weighted by molar-refractivity contribution is -0.122. The van der Waals surface area contributed by atoms with E-state index in [0.29, 0.717) is 6.42 Å². The Morgan fingerprint density at radius 2 is 2.06 bits per heavy atom. The molecule has 17 heavy (non-hydrogen) atoms. The van der Waals surface area contributed by atoms with E-state index in [4.69, 9.17) is 0 Å². The molecule has 0 aromatic heterocycles. The standard InChI is InChI=1S/C15H19NO/c1-2-3-4-5-6-13-7-9-14(10-8-13)16-12-11-15(16)17/h2-3,7-10H,4-6,11-12H2,1H3/b3-2+. The van der Waals surface area contributed by atoms with Crippen molar-refractivity contribution in [2.24, 2.45) is 0 Å². The summed E-state index contributed by atoms with van der Waals surface area (Å²) in [6.07, 6.45) is 8.44. The van der Waals surface area contributed by atoms with E-state index in [-0.39, 0.29) is 5.91 Å². The molecule has 1 aliphatic rings. The van der Waals surface area contributed by atoms with E-state index < -0.39 is 0 Å². The third kappa shape index (κ3) is 2.96. The zero-order valence-corrected chi connectivity index (χ0v) is 10.4. The minimum Gasteiger partial charge on any atom is -0.312 e. The number of β-lactam (4-membered cyclic amide) rings is 1. The molecule has 1 amide bonds. The van der Waals surface area contributed by atoms with Crippen molar-refractivity contribution < 1.29 is 4.79 Å². The number of carbonyl (C=O) groups is 1. The largest absolute Gasteiger partial charge is 0.312 e. The Kier molecular flexibility index (Phi) is 3.97. The van der Waals surface area contributed by atoms with Gasteiger partial charge in [-0.1, -0.05) is 24.3 Å². The minimum atomic E-state index is 0.242. The summed E-state index contributed by atoms with van der Waals surface area (Å²) >= 11 is 0. The number of aryl methyl sites for hydroxylation is 1. The number of benzene rings is 1. The van der Waals surface area contributed by atoms with Crippen molar-refractivity contribution in [3.8, 4) is 0 Å². The fraction of sp³-hybridized carbons (Fsp3) is 0.400. The molecule has 0 unspecified atom stereocenters. The first-order chi connectivity index (χ1) is 8.31. The van der Waals surface area contributed by atoms with E-state index in [1.165, 1.54) is 12.0 Å². The lowest BCUT2D eigenvalue weighted by atomic mass is 10.1. The molecular weight excluding hydrogens is 210 g/mol. The third-order valence-corrected chi connectivity index (χ3v) is 3.17. The molecule has 2 rings (SSSR count). The van der Waals surface area contributed by atoms with Gasteiger partial charge in [-0.15, -0.1) is 0 Å². The maximum atomic E-state index is 11.3. The highest BCUT2D eigenvalue weighted by Crippen LogP contribution is 2.22. The molecule has 1 aromatic rings. The lowest BCUT2D eigenvalue weighted by Gasteiger charge is -2.30. The van der Waals surface area contributed by atoms with Crippen LogP contribution in [0.2, 0.25) is 0 Å². The normalized spacial score (nSPS) is 15.4. The molecule has 2 heteroatoms. The van der Waals surface area contributed by atoms with Crippen LogP contribution in [-0.2, 0) is 11.2 Å². The maximum absolute atomic E-state index is 11.3. The Labute approximate surface area is 103 Å². The van der Waals surface area contributed by atoms with E-state index in [1.807, 2.05) is 4.90 Å². The van der Waals surface area contributed by atoms with Crippen molar-refractivity contribution in [3.05, 3.63) is 42.0 Å². The molecule has 1 aliphatic heterocycles. The topological polar surface area (TPSA) is 20.3 Å². The number of unbranched alkanes of at least 4 members (excludes halogenated alkanes) is 1. The average Bonchev–Trinajstić information content (AvgIpc) is 2.35. The number of nitrogens with zero attached hydrogens (tertiary/aromatic N) is 1. The van der Waals surface area contributed by atoms with E-state index >= 15 is 0 Å². The minimum absolute atomic E-state index is 0.242. The van der Waals surface area contributed by atoms with Crippen LogP contribution in [0.3, 0.4) is 0 Å². The SMILES string of the molecule is C/C=C/CCCc1ccc(N2CCC2=O)cc1. The second-order valence-electron chi connectivity index (χ2n) is 4.42. The zero-order valence-electron chi connectivity index (χ0n) is 10.4. The van der Waals surface area contributed by atoms with E-state index in [0.717, 1.165) is 25.1 Å². The summed E-state index contributed by atoms with van der Waals surface area (Å²) in [4.78, 5) is 13.1. The first-order valence-corrected chi connectivity index (χ1v) is 6.31. The molecule has 0 atom stereocenters. The molecule has 0 radical (unpaired) electrons. The van der Waals surface area contributed by atoms with Gasteiger partial charge < -0.3 is 4.90 Å². The fourth-order valence-corrected chi connectivity index (χ4v) is 2.02. The van der Waals surface area contributed by atoms with Gasteiger partial charge in [0.25, 0.3) is 0 Å². The number of hydrogen-bond donors (Lipinski definition) is 0. The van der Waals surface area contributed by atoms with Crippen LogP contribution in [0.4, 0.5) is 5.69 Å². The zero-order chi connectivity index (χ0) is 12.1. The quantitative estimate of drug-likeness (QED) is 0.431. The van der Waals surface area contributed by atoms with Gasteiger partial charge in [0.1, 0.15) is 0 Å². The summed E-state index contributed by atoms with van der Waals surface area (Å²) in [7, 11) is 0. The molecule has 0 N–H and O–H groups in total. The van der Waals surface area contributed by atoms with Crippen molar-refractivity contribution in [1.82, 2.24) is 0 Å².